The molecule has 1 aromatic heterocycles. The molecule has 3 aromatic rings. The summed E-state index contributed by atoms with van der Waals surface area (Å²) in [6, 6.07) is 10.6. The third-order valence-corrected chi connectivity index (χ3v) is 8.95. The van der Waals surface area contributed by atoms with Crippen molar-refractivity contribution in [2.45, 2.75) is 50.2 Å². The standard InChI is InChI=1S/C28H30F3N3O4S2/c1-17-14-22(8-9-24(17)38-18(2)27(36)37)39-16-25-23(15-33-10-12-34(13-11-33)19(3)35)32-26(40-25)20-4-6-21(7-5-20)28(29,30)31/h4-9,14,18H,10-13,15-16H2,1-3H3,(H,36,37). The molecule has 0 saturated carbocycles. The second-order valence-electron chi connectivity index (χ2n) is 9.56. The molecule has 40 heavy (non-hydrogen) atoms. The molecule has 4 rings (SSSR count). The van der Waals surface area contributed by atoms with Crippen molar-refractivity contribution in [1.82, 2.24) is 14.8 Å². The van der Waals surface area contributed by atoms with Gasteiger partial charge in [0.15, 0.2) is 6.10 Å². The smallest absolute Gasteiger partial charge is 0.416 e. The monoisotopic (exact) mass is 593 g/mol. The van der Waals surface area contributed by atoms with Gasteiger partial charge in [0.2, 0.25) is 5.91 Å². The molecule has 1 saturated heterocycles. The molecule has 0 aliphatic carbocycles. The summed E-state index contributed by atoms with van der Waals surface area (Å²) in [6.45, 7) is 8.20. The minimum Gasteiger partial charge on any atom is -0.479 e. The number of rotatable bonds is 9. The van der Waals surface area contributed by atoms with E-state index < -0.39 is 23.8 Å². The van der Waals surface area contributed by atoms with Crippen molar-refractivity contribution in [1.29, 1.82) is 0 Å². The van der Waals surface area contributed by atoms with Crippen molar-refractivity contribution in [3.05, 3.63) is 64.2 Å². The molecule has 214 valence electrons. The Morgan fingerprint density at radius 2 is 1.80 bits per heavy atom. The van der Waals surface area contributed by atoms with E-state index in [0.717, 1.165) is 33.2 Å². The average molecular weight is 594 g/mol. The molecule has 1 atom stereocenters. The number of thioether (sulfide) groups is 1. The molecule has 1 fully saturated rings. The van der Waals surface area contributed by atoms with Crippen LogP contribution >= 0.6 is 23.1 Å². The molecule has 0 radical (unpaired) electrons. The Morgan fingerprint density at radius 3 is 2.38 bits per heavy atom. The number of hydrogen-bond acceptors (Lipinski definition) is 7. The Hall–Kier alpha value is -3.09. The van der Waals surface area contributed by atoms with Crippen molar-refractivity contribution in [3.8, 4) is 16.3 Å². The van der Waals surface area contributed by atoms with Crippen LogP contribution in [0, 0.1) is 6.92 Å². The molecule has 1 N–H and O–H groups in total. The number of carbonyl (C=O) groups excluding carboxylic acids is 1. The van der Waals surface area contributed by atoms with Gasteiger partial charge in [-0.3, -0.25) is 9.69 Å². The van der Waals surface area contributed by atoms with Crippen LogP contribution in [0.1, 0.15) is 35.5 Å². The van der Waals surface area contributed by atoms with Crippen LogP contribution in [0.4, 0.5) is 13.2 Å². The van der Waals surface area contributed by atoms with E-state index in [1.54, 1.807) is 24.8 Å². The number of aromatic nitrogens is 1. The van der Waals surface area contributed by atoms with Gasteiger partial charge in [0.05, 0.1) is 11.3 Å². The van der Waals surface area contributed by atoms with E-state index in [4.69, 9.17) is 14.8 Å². The van der Waals surface area contributed by atoms with E-state index in [1.165, 1.54) is 30.4 Å². The summed E-state index contributed by atoms with van der Waals surface area (Å²) in [6.07, 6.45) is -5.36. The van der Waals surface area contributed by atoms with E-state index in [0.29, 0.717) is 54.8 Å². The molecule has 1 amide bonds. The maximum absolute atomic E-state index is 13.1. The van der Waals surface area contributed by atoms with Crippen LogP contribution in [0.15, 0.2) is 47.4 Å². The summed E-state index contributed by atoms with van der Waals surface area (Å²) >= 11 is 3.06. The molecule has 2 aromatic carbocycles. The van der Waals surface area contributed by atoms with Crippen molar-refractivity contribution < 1.29 is 32.6 Å². The van der Waals surface area contributed by atoms with Gasteiger partial charge in [0, 0.05) is 60.7 Å². The Morgan fingerprint density at radius 1 is 1.12 bits per heavy atom. The molecular formula is C28H30F3N3O4S2. The van der Waals surface area contributed by atoms with E-state index >= 15 is 0 Å². The van der Waals surface area contributed by atoms with E-state index in [1.807, 2.05) is 24.0 Å². The van der Waals surface area contributed by atoms with Gasteiger partial charge < -0.3 is 14.7 Å². The predicted molar refractivity (Wildman–Crippen MR) is 149 cm³/mol. The van der Waals surface area contributed by atoms with Gasteiger partial charge in [0.25, 0.3) is 0 Å². The number of aryl methyl sites for hydroxylation is 1. The van der Waals surface area contributed by atoms with E-state index in [2.05, 4.69) is 4.90 Å². The number of piperazine rings is 1. The summed E-state index contributed by atoms with van der Waals surface area (Å²) in [5, 5.41) is 9.77. The number of nitrogens with zero attached hydrogens (tertiary/aromatic N) is 3. The quantitative estimate of drug-likeness (QED) is 0.307. The molecule has 2 heterocycles. The van der Waals surface area contributed by atoms with Crippen molar-refractivity contribution in [2.75, 3.05) is 26.2 Å². The number of carboxylic acid groups (broad SMARTS) is 1. The minimum atomic E-state index is -4.40. The Kier molecular flexibility index (Phi) is 9.42. The molecule has 1 aliphatic heterocycles. The largest absolute Gasteiger partial charge is 0.479 e. The second kappa shape index (κ2) is 12.6. The highest BCUT2D eigenvalue weighted by atomic mass is 32.2. The summed E-state index contributed by atoms with van der Waals surface area (Å²) in [4.78, 5) is 33.7. The van der Waals surface area contributed by atoms with Gasteiger partial charge in [-0.05, 0) is 49.7 Å². The first-order valence-corrected chi connectivity index (χ1v) is 14.5. The zero-order valence-electron chi connectivity index (χ0n) is 22.3. The maximum Gasteiger partial charge on any atom is 0.416 e. The molecular weight excluding hydrogens is 563 g/mol. The molecule has 1 aliphatic rings. The van der Waals surface area contributed by atoms with Gasteiger partial charge in [-0.1, -0.05) is 12.1 Å². The number of ether oxygens (including phenoxy) is 1. The summed E-state index contributed by atoms with van der Waals surface area (Å²) < 4.78 is 44.7. The third kappa shape index (κ3) is 7.55. The third-order valence-electron chi connectivity index (χ3n) is 6.60. The zero-order chi connectivity index (χ0) is 29.0. The first-order valence-electron chi connectivity index (χ1n) is 12.7. The first kappa shape index (κ1) is 29.9. The van der Waals surface area contributed by atoms with Gasteiger partial charge >= 0.3 is 12.1 Å². The van der Waals surface area contributed by atoms with Crippen LogP contribution in [0.25, 0.3) is 10.6 Å². The fourth-order valence-corrected chi connectivity index (χ4v) is 6.38. The fraction of sp³-hybridized carbons (Fsp3) is 0.393. The fourth-order valence-electron chi connectivity index (χ4n) is 4.21. The van der Waals surface area contributed by atoms with Crippen LogP contribution in [0.5, 0.6) is 5.75 Å². The summed E-state index contributed by atoms with van der Waals surface area (Å²) in [5.41, 5.74) is 1.61. The summed E-state index contributed by atoms with van der Waals surface area (Å²) in [5.74, 6) is 0.125. The lowest BCUT2D eigenvalue weighted by atomic mass is 10.1. The number of benzene rings is 2. The minimum absolute atomic E-state index is 0.0547. The number of hydrogen-bond donors (Lipinski definition) is 1. The number of aliphatic carboxylic acids is 1. The van der Waals surface area contributed by atoms with Crippen LogP contribution in [-0.2, 0) is 28.1 Å². The molecule has 1 unspecified atom stereocenters. The van der Waals surface area contributed by atoms with Gasteiger partial charge in [0.1, 0.15) is 10.8 Å². The lowest BCUT2D eigenvalue weighted by molar-refractivity contribution is -0.144. The topological polar surface area (TPSA) is 83.0 Å². The van der Waals surface area contributed by atoms with Crippen molar-refractivity contribution in [3.63, 3.8) is 0 Å². The lowest BCUT2D eigenvalue weighted by Gasteiger charge is -2.33. The van der Waals surface area contributed by atoms with Crippen LogP contribution < -0.4 is 4.74 Å². The first-order chi connectivity index (χ1) is 18.9. The van der Waals surface area contributed by atoms with Gasteiger partial charge in [-0.25, -0.2) is 9.78 Å². The summed E-state index contributed by atoms with van der Waals surface area (Å²) in [7, 11) is 0. The second-order valence-corrected chi connectivity index (χ2v) is 11.7. The number of carboxylic acids is 1. The predicted octanol–water partition coefficient (Wildman–Crippen LogP) is 5.95. The highest BCUT2D eigenvalue weighted by molar-refractivity contribution is 7.98. The molecule has 7 nitrogen and oxygen atoms in total. The Bertz CT molecular complexity index is 1350. The number of alkyl halides is 3. The molecule has 0 spiro atoms. The van der Waals surface area contributed by atoms with Crippen LogP contribution in [0.2, 0.25) is 0 Å². The van der Waals surface area contributed by atoms with Gasteiger partial charge in [-0.2, -0.15) is 13.2 Å². The van der Waals surface area contributed by atoms with Crippen LogP contribution in [0.3, 0.4) is 0 Å². The highest BCUT2D eigenvalue weighted by Gasteiger charge is 2.30. The van der Waals surface area contributed by atoms with Crippen molar-refractivity contribution >= 4 is 35.0 Å². The highest BCUT2D eigenvalue weighted by Crippen LogP contribution is 2.36. The zero-order valence-corrected chi connectivity index (χ0v) is 24.0. The number of halogens is 3. The average Bonchev–Trinajstić information content (AvgIpc) is 3.31. The lowest BCUT2D eigenvalue weighted by Crippen LogP contribution is -2.47. The van der Waals surface area contributed by atoms with Gasteiger partial charge in [-0.15, -0.1) is 23.1 Å². The normalized spacial score (nSPS) is 15.2. The number of amides is 1. The molecule has 12 heteroatoms. The Balaban J connectivity index is 1.53. The van der Waals surface area contributed by atoms with Crippen molar-refractivity contribution in [2.24, 2.45) is 0 Å². The maximum atomic E-state index is 13.1. The number of thiazole rings is 1. The number of carbonyl (C=O) groups is 2. The SMILES string of the molecule is CC(=O)N1CCN(Cc2nc(-c3ccc(C(F)(F)F)cc3)sc2CSc2ccc(OC(C)C(=O)O)c(C)c2)CC1. The molecule has 0 bridgehead atoms. The van der Waals surface area contributed by atoms with E-state index in [-0.39, 0.29) is 5.91 Å². The Labute approximate surface area is 239 Å². The van der Waals surface area contributed by atoms with Crippen LogP contribution in [-0.4, -0.2) is 64.0 Å². The van der Waals surface area contributed by atoms with E-state index in [9.17, 15) is 22.8 Å².